The number of carbonyl (C=O) groups excluding carboxylic acids is 1. The van der Waals surface area contributed by atoms with Crippen molar-refractivity contribution < 1.29 is 9.53 Å². The summed E-state index contributed by atoms with van der Waals surface area (Å²) < 4.78 is 7.62. The molecule has 1 aromatic carbocycles. The molecular formula is C20H22ClN3O2S. The second kappa shape index (κ2) is 8.15. The lowest BCUT2D eigenvalue weighted by Gasteiger charge is -2.06. The zero-order chi connectivity index (χ0) is 19.6. The van der Waals surface area contributed by atoms with Crippen LogP contribution in [0.15, 0.2) is 29.6 Å². The van der Waals surface area contributed by atoms with E-state index < -0.39 is 0 Å². The van der Waals surface area contributed by atoms with Gasteiger partial charge in [0.2, 0.25) is 0 Å². The standard InChI is InChI=1S/C20H22ClN3O2S/c1-12-7-16(5-6-18(12)21)26-10-15-8-19(27-11-15)20(25)22-9-17-13(2)23-24(4)14(17)3/h5-8,11H,9-10H2,1-4H3,(H,22,25). The van der Waals surface area contributed by atoms with E-state index in [9.17, 15) is 4.79 Å². The van der Waals surface area contributed by atoms with Crippen LogP contribution < -0.4 is 10.1 Å². The Balaban J connectivity index is 1.58. The van der Waals surface area contributed by atoms with E-state index >= 15 is 0 Å². The summed E-state index contributed by atoms with van der Waals surface area (Å²) in [4.78, 5) is 13.1. The maximum Gasteiger partial charge on any atom is 0.261 e. The normalized spacial score (nSPS) is 10.9. The number of rotatable bonds is 6. The van der Waals surface area contributed by atoms with E-state index in [4.69, 9.17) is 16.3 Å². The Labute approximate surface area is 167 Å². The van der Waals surface area contributed by atoms with E-state index in [1.54, 1.807) is 0 Å². The number of nitrogens with one attached hydrogen (secondary N) is 1. The topological polar surface area (TPSA) is 56.1 Å². The molecule has 142 valence electrons. The predicted molar refractivity (Wildman–Crippen MR) is 109 cm³/mol. The molecule has 0 radical (unpaired) electrons. The Bertz CT molecular complexity index is 978. The van der Waals surface area contributed by atoms with Gasteiger partial charge in [0, 0.05) is 35.4 Å². The van der Waals surface area contributed by atoms with Gasteiger partial charge in [-0.2, -0.15) is 5.10 Å². The van der Waals surface area contributed by atoms with Gasteiger partial charge in [0.15, 0.2) is 0 Å². The molecule has 2 heterocycles. The lowest BCUT2D eigenvalue weighted by atomic mass is 10.2. The first-order chi connectivity index (χ1) is 12.8. The highest BCUT2D eigenvalue weighted by Crippen LogP contribution is 2.23. The first-order valence-corrected chi connectivity index (χ1v) is 9.84. The Morgan fingerprint density at radius 2 is 2.07 bits per heavy atom. The molecule has 5 nitrogen and oxygen atoms in total. The summed E-state index contributed by atoms with van der Waals surface area (Å²) in [5, 5.41) is 10.0. The van der Waals surface area contributed by atoms with Gasteiger partial charge in [0.05, 0.1) is 10.6 Å². The number of aromatic nitrogens is 2. The molecule has 0 aliphatic carbocycles. The van der Waals surface area contributed by atoms with Crippen molar-refractivity contribution in [2.75, 3.05) is 0 Å². The highest BCUT2D eigenvalue weighted by molar-refractivity contribution is 7.12. The summed E-state index contributed by atoms with van der Waals surface area (Å²) in [7, 11) is 1.90. The molecule has 0 atom stereocenters. The molecule has 0 aliphatic heterocycles. The highest BCUT2D eigenvalue weighted by atomic mass is 35.5. The van der Waals surface area contributed by atoms with Gasteiger partial charge in [0.1, 0.15) is 12.4 Å². The minimum atomic E-state index is -0.0868. The number of nitrogens with zero attached hydrogens (tertiary/aromatic N) is 2. The lowest BCUT2D eigenvalue weighted by molar-refractivity contribution is 0.0955. The number of benzene rings is 1. The number of hydrogen-bond donors (Lipinski definition) is 1. The van der Waals surface area contributed by atoms with Gasteiger partial charge in [-0.1, -0.05) is 11.6 Å². The van der Waals surface area contributed by atoms with Gasteiger partial charge in [-0.05, 0) is 56.0 Å². The maximum atomic E-state index is 12.4. The lowest BCUT2D eigenvalue weighted by Crippen LogP contribution is -2.22. The Morgan fingerprint density at radius 3 is 2.74 bits per heavy atom. The number of halogens is 1. The molecular weight excluding hydrogens is 382 g/mol. The fraction of sp³-hybridized carbons (Fsp3) is 0.300. The van der Waals surface area contributed by atoms with Crippen LogP contribution in [0.4, 0.5) is 0 Å². The van der Waals surface area contributed by atoms with Gasteiger partial charge in [0.25, 0.3) is 5.91 Å². The largest absolute Gasteiger partial charge is 0.489 e. The Hall–Kier alpha value is -2.31. The second-order valence-electron chi connectivity index (χ2n) is 6.47. The molecule has 0 fully saturated rings. The van der Waals surface area contributed by atoms with Crippen LogP contribution in [-0.4, -0.2) is 15.7 Å². The highest BCUT2D eigenvalue weighted by Gasteiger charge is 2.13. The quantitative estimate of drug-likeness (QED) is 0.655. The van der Waals surface area contributed by atoms with E-state index in [1.165, 1.54) is 11.3 Å². The average Bonchev–Trinajstić information content (AvgIpc) is 3.20. The van der Waals surface area contributed by atoms with Crippen LogP contribution in [0.3, 0.4) is 0 Å². The zero-order valence-corrected chi connectivity index (χ0v) is 17.4. The van der Waals surface area contributed by atoms with Gasteiger partial charge >= 0.3 is 0 Å². The Kier molecular flexibility index (Phi) is 5.87. The molecule has 3 rings (SSSR count). The van der Waals surface area contributed by atoms with Crippen molar-refractivity contribution in [3.8, 4) is 5.75 Å². The molecule has 0 unspecified atom stereocenters. The van der Waals surface area contributed by atoms with Crippen molar-refractivity contribution in [2.24, 2.45) is 7.05 Å². The fourth-order valence-electron chi connectivity index (χ4n) is 2.77. The van der Waals surface area contributed by atoms with Crippen molar-refractivity contribution >= 4 is 28.8 Å². The van der Waals surface area contributed by atoms with Crippen molar-refractivity contribution in [1.29, 1.82) is 0 Å². The molecule has 0 spiro atoms. The van der Waals surface area contributed by atoms with Crippen molar-refractivity contribution in [3.63, 3.8) is 0 Å². The molecule has 0 bridgehead atoms. The van der Waals surface area contributed by atoms with E-state index in [2.05, 4.69) is 10.4 Å². The molecule has 1 N–H and O–H groups in total. The van der Waals surface area contributed by atoms with Crippen LogP contribution in [0.5, 0.6) is 5.75 Å². The van der Waals surface area contributed by atoms with Gasteiger partial charge in [-0.15, -0.1) is 11.3 Å². The predicted octanol–water partition coefficient (Wildman–Crippen LogP) is 4.57. The van der Waals surface area contributed by atoms with Crippen molar-refractivity contribution in [2.45, 2.75) is 33.9 Å². The number of thiophene rings is 1. The fourth-order valence-corrected chi connectivity index (χ4v) is 3.70. The second-order valence-corrected chi connectivity index (χ2v) is 7.79. The van der Waals surface area contributed by atoms with Crippen LogP contribution >= 0.6 is 22.9 Å². The number of ether oxygens (including phenoxy) is 1. The molecule has 27 heavy (non-hydrogen) atoms. The molecule has 0 saturated carbocycles. The summed E-state index contributed by atoms with van der Waals surface area (Å²) in [5.74, 6) is 0.674. The third kappa shape index (κ3) is 4.51. The minimum Gasteiger partial charge on any atom is -0.489 e. The van der Waals surface area contributed by atoms with E-state index in [0.29, 0.717) is 18.0 Å². The summed E-state index contributed by atoms with van der Waals surface area (Å²) in [6.07, 6.45) is 0. The van der Waals surface area contributed by atoms with Crippen LogP contribution in [0, 0.1) is 20.8 Å². The first-order valence-electron chi connectivity index (χ1n) is 8.58. The first kappa shape index (κ1) is 19.5. The third-order valence-corrected chi connectivity index (χ3v) is 5.90. The summed E-state index contributed by atoms with van der Waals surface area (Å²) in [6.45, 7) is 6.77. The summed E-state index contributed by atoms with van der Waals surface area (Å²) in [6, 6.07) is 7.43. The number of amides is 1. The number of aryl methyl sites for hydroxylation is 3. The summed E-state index contributed by atoms with van der Waals surface area (Å²) >= 11 is 7.44. The van der Waals surface area contributed by atoms with Crippen LogP contribution in [0.2, 0.25) is 5.02 Å². The monoisotopic (exact) mass is 403 g/mol. The van der Waals surface area contributed by atoms with E-state index in [0.717, 1.165) is 38.9 Å². The molecule has 2 aromatic heterocycles. The molecule has 0 saturated heterocycles. The van der Waals surface area contributed by atoms with Gasteiger partial charge < -0.3 is 10.1 Å². The van der Waals surface area contributed by atoms with Crippen LogP contribution in [-0.2, 0) is 20.2 Å². The Morgan fingerprint density at radius 1 is 1.30 bits per heavy atom. The van der Waals surface area contributed by atoms with Gasteiger partial charge in [-0.25, -0.2) is 0 Å². The number of hydrogen-bond acceptors (Lipinski definition) is 4. The number of carbonyl (C=O) groups is 1. The zero-order valence-electron chi connectivity index (χ0n) is 15.8. The molecule has 1 amide bonds. The SMILES string of the molecule is Cc1cc(OCc2csc(C(=O)NCc3c(C)nn(C)c3C)c2)ccc1Cl. The van der Waals surface area contributed by atoms with E-state index in [-0.39, 0.29) is 5.91 Å². The third-order valence-electron chi connectivity index (χ3n) is 4.50. The average molecular weight is 404 g/mol. The van der Waals surface area contributed by atoms with Crippen molar-refractivity contribution in [1.82, 2.24) is 15.1 Å². The molecule has 3 aromatic rings. The van der Waals surface area contributed by atoms with Crippen molar-refractivity contribution in [3.05, 3.63) is 67.6 Å². The van der Waals surface area contributed by atoms with Gasteiger partial charge in [-0.3, -0.25) is 9.48 Å². The molecule has 0 aliphatic rings. The minimum absolute atomic E-state index is 0.0868. The maximum absolute atomic E-state index is 12.4. The van der Waals surface area contributed by atoms with Crippen LogP contribution in [0.1, 0.15) is 37.7 Å². The molecule has 7 heteroatoms. The smallest absolute Gasteiger partial charge is 0.261 e. The summed E-state index contributed by atoms with van der Waals surface area (Å²) in [5.41, 5.74) is 5.00. The van der Waals surface area contributed by atoms with E-state index in [1.807, 2.05) is 62.1 Å². The van der Waals surface area contributed by atoms with Crippen LogP contribution in [0.25, 0.3) is 0 Å².